The van der Waals surface area contributed by atoms with Crippen LogP contribution in [0.15, 0.2) is 0 Å². The Hall–Kier alpha value is -1.26. The SMILES string of the molecule is CCC(=O)NCC(C)(C)N1CCOC1=O. The number of carbonyl (C=O) groups excluding carboxylic acids is 2. The molecule has 0 aliphatic carbocycles. The van der Waals surface area contributed by atoms with Gasteiger partial charge in [0.05, 0.1) is 12.1 Å². The first kappa shape index (κ1) is 11.8. The third-order valence-electron chi connectivity index (χ3n) is 2.53. The second-order valence-corrected chi connectivity index (χ2v) is 4.21. The van der Waals surface area contributed by atoms with Gasteiger partial charge in [-0.25, -0.2) is 4.79 Å². The van der Waals surface area contributed by atoms with Crippen LogP contribution in [0.25, 0.3) is 0 Å². The van der Waals surface area contributed by atoms with E-state index in [4.69, 9.17) is 4.74 Å². The molecule has 0 atom stereocenters. The molecule has 15 heavy (non-hydrogen) atoms. The molecule has 0 saturated carbocycles. The summed E-state index contributed by atoms with van der Waals surface area (Å²) in [5, 5.41) is 2.78. The highest BCUT2D eigenvalue weighted by atomic mass is 16.6. The molecule has 0 aromatic heterocycles. The maximum atomic E-state index is 11.3. The predicted octanol–water partition coefficient (Wildman–Crippen LogP) is 0.743. The monoisotopic (exact) mass is 214 g/mol. The minimum atomic E-state index is -0.390. The van der Waals surface area contributed by atoms with Crippen molar-refractivity contribution in [2.45, 2.75) is 32.7 Å². The second kappa shape index (κ2) is 4.51. The van der Waals surface area contributed by atoms with Gasteiger partial charge in [0.25, 0.3) is 0 Å². The van der Waals surface area contributed by atoms with Gasteiger partial charge in [-0.2, -0.15) is 0 Å². The number of nitrogens with zero attached hydrogens (tertiary/aromatic N) is 1. The van der Waals surface area contributed by atoms with Gasteiger partial charge in [-0.1, -0.05) is 6.92 Å². The van der Waals surface area contributed by atoms with Crippen LogP contribution >= 0.6 is 0 Å². The second-order valence-electron chi connectivity index (χ2n) is 4.21. The minimum absolute atomic E-state index is 0.00404. The first-order valence-corrected chi connectivity index (χ1v) is 5.18. The molecular formula is C10H18N2O3. The number of amides is 2. The van der Waals surface area contributed by atoms with E-state index in [1.807, 2.05) is 13.8 Å². The Morgan fingerprint density at radius 1 is 1.60 bits per heavy atom. The van der Waals surface area contributed by atoms with Crippen LogP contribution in [-0.4, -0.2) is 42.1 Å². The van der Waals surface area contributed by atoms with Gasteiger partial charge in [0.2, 0.25) is 5.91 Å². The largest absolute Gasteiger partial charge is 0.448 e. The van der Waals surface area contributed by atoms with Gasteiger partial charge < -0.3 is 10.1 Å². The molecular weight excluding hydrogens is 196 g/mol. The molecule has 86 valence electrons. The van der Waals surface area contributed by atoms with Crippen molar-refractivity contribution in [1.82, 2.24) is 10.2 Å². The molecule has 2 amide bonds. The molecule has 1 fully saturated rings. The standard InChI is InChI=1S/C10H18N2O3/c1-4-8(13)11-7-10(2,3)12-5-6-15-9(12)14/h4-7H2,1-3H3,(H,11,13). The van der Waals surface area contributed by atoms with E-state index in [2.05, 4.69) is 5.32 Å². The van der Waals surface area contributed by atoms with Gasteiger partial charge in [0, 0.05) is 13.0 Å². The van der Waals surface area contributed by atoms with E-state index < -0.39 is 5.54 Å². The molecule has 1 N–H and O–H groups in total. The van der Waals surface area contributed by atoms with Crippen LogP contribution in [-0.2, 0) is 9.53 Å². The number of hydrogen-bond acceptors (Lipinski definition) is 3. The highest BCUT2D eigenvalue weighted by molar-refractivity contribution is 5.76. The molecule has 1 aliphatic heterocycles. The summed E-state index contributed by atoms with van der Waals surface area (Å²) in [7, 11) is 0. The molecule has 0 radical (unpaired) electrons. The Bertz CT molecular complexity index is 263. The van der Waals surface area contributed by atoms with Crippen molar-refractivity contribution >= 4 is 12.0 Å². The van der Waals surface area contributed by atoms with Gasteiger partial charge >= 0.3 is 6.09 Å². The normalized spacial score (nSPS) is 16.5. The zero-order chi connectivity index (χ0) is 11.5. The van der Waals surface area contributed by atoms with Crippen molar-refractivity contribution in [1.29, 1.82) is 0 Å². The Labute approximate surface area is 89.8 Å². The highest BCUT2D eigenvalue weighted by Crippen LogP contribution is 2.18. The maximum absolute atomic E-state index is 11.3. The molecule has 0 spiro atoms. The fourth-order valence-electron chi connectivity index (χ4n) is 1.48. The first-order valence-electron chi connectivity index (χ1n) is 5.18. The molecule has 1 saturated heterocycles. The van der Waals surface area contributed by atoms with E-state index in [0.717, 1.165) is 0 Å². The number of nitrogens with one attached hydrogen (secondary N) is 1. The molecule has 0 aromatic carbocycles. The van der Waals surface area contributed by atoms with Crippen LogP contribution in [0.3, 0.4) is 0 Å². The lowest BCUT2D eigenvalue weighted by molar-refractivity contribution is -0.121. The van der Waals surface area contributed by atoms with Crippen molar-refractivity contribution in [3.8, 4) is 0 Å². The van der Waals surface area contributed by atoms with Crippen LogP contribution < -0.4 is 5.32 Å². The lowest BCUT2D eigenvalue weighted by Gasteiger charge is -2.33. The molecule has 5 heteroatoms. The molecule has 0 bridgehead atoms. The van der Waals surface area contributed by atoms with Crippen LogP contribution in [0.1, 0.15) is 27.2 Å². The molecule has 1 heterocycles. The van der Waals surface area contributed by atoms with Crippen LogP contribution in [0.5, 0.6) is 0 Å². The van der Waals surface area contributed by atoms with Crippen molar-refractivity contribution in [2.24, 2.45) is 0 Å². The van der Waals surface area contributed by atoms with E-state index in [0.29, 0.717) is 26.1 Å². The number of ether oxygens (including phenoxy) is 1. The Kier molecular flexibility index (Phi) is 3.55. The molecule has 0 unspecified atom stereocenters. The van der Waals surface area contributed by atoms with Gasteiger partial charge in [0.15, 0.2) is 0 Å². The average molecular weight is 214 g/mol. The first-order chi connectivity index (χ1) is 6.97. The summed E-state index contributed by atoms with van der Waals surface area (Å²) in [6.45, 7) is 7.10. The lowest BCUT2D eigenvalue weighted by Crippen LogP contribution is -2.52. The quantitative estimate of drug-likeness (QED) is 0.751. The Balaban J connectivity index is 2.50. The summed E-state index contributed by atoms with van der Waals surface area (Å²) < 4.78 is 4.86. The van der Waals surface area contributed by atoms with Crippen LogP contribution in [0.2, 0.25) is 0 Å². The molecule has 1 rings (SSSR count). The third kappa shape index (κ3) is 2.84. The van der Waals surface area contributed by atoms with E-state index in [-0.39, 0.29) is 12.0 Å². The van der Waals surface area contributed by atoms with E-state index in [1.165, 1.54) is 0 Å². The Morgan fingerprint density at radius 2 is 2.27 bits per heavy atom. The topological polar surface area (TPSA) is 58.6 Å². The smallest absolute Gasteiger partial charge is 0.410 e. The predicted molar refractivity (Wildman–Crippen MR) is 55.4 cm³/mol. The van der Waals surface area contributed by atoms with Crippen LogP contribution in [0.4, 0.5) is 4.79 Å². The molecule has 5 nitrogen and oxygen atoms in total. The fraction of sp³-hybridized carbons (Fsp3) is 0.800. The molecule has 1 aliphatic rings. The van der Waals surface area contributed by atoms with E-state index >= 15 is 0 Å². The lowest BCUT2D eigenvalue weighted by atomic mass is 10.0. The maximum Gasteiger partial charge on any atom is 0.410 e. The number of hydrogen-bond donors (Lipinski definition) is 1. The zero-order valence-electron chi connectivity index (χ0n) is 9.50. The number of rotatable bonds is 4. The zero-order valence-corrected chi connectivity index (χ0v) is 9.50. The van der Waals surface area contributed by atoms with E-state index in [1.54, 1.807) is 11.8 Å². The van der Waals surface area contributed by atoms with Crippen LogP contribution in [0, 0.1) is 0 Å². The van der Waals surface area contributed by atoms with Gasteiger partial charge in [-0.15, -0.1) is 0 Å². The van der Waals surface area contributed by atoms with Crippen molar-refractivity contribution in [3.63, 3.8) is 0 Å². The summed E-state index contributed by atoms with van der Waals surface area (Å²) in [4.78, 5) is 24.1. The van der Waals surface area contributed by atoms with Gasteiger partial charge in [-0.3, -0.25) is 9.69 Å². The Morgan fingerprint density at radius 3 is 2.73 bits per heavy atom. The third-order valence-corrected chi connectivity index (χ3v) is 2.53. The van der Waals surface area contributed by atoms with Crippen molar-refractivity contribution in [2.75, 3.05) is 19.7 Å². The summed E-state index contributed by atoms with van der Waals surface area (Å²) in [6.07, 6.45) is 0.159. The van der Waals surface area contributed by atoms with Gasteiger partial charge in [-0.05, 0) is 13.8 Å². The van der Waals surface area contributed by atoms with E-state index in [9.17, 15) is 9.59 Å². The fourth-order valence-corrected chi connectivity index (χ4v) is 1.48. The summed E-state index contributed by atoms with van der Waals surface area (Å²) in [5.74, 6) is -0.00404. The minimum Gasteiger partial charge on any atom is -0.448 e. The average Bonchev–Trinajstić information content (AvgIpc) is 2.61. The molecule has 0 aromatic rings. The number of carbonyl (C=O) groups is 2. The van der Waals surface area contributed by atoms with Crippen molar-refractivity contribution < 1.29 is 14.3 Å². The highest BCUT2D eigenvalue weighted by Gasteiger charge is 2.35. The number of cyclic esters (lactones) is 1. The summed E-state index contributed by atoms with van der Waals surface area (Å²) >= 11 is 0. The van der Waals surface area contributed by atoms with Gasteiger partial charge in [0.1, 0.15) is 6.61 Å². The summed E-state index contributed by atoms with van der Waals surface area (Å²) in [5.41, 5.74) is -0.390. The van der Waals surface area contributed by atoms with Crippen molar-refractivity contribution in [3.05, 3.63) is 0 Å². The summed E-state index contributed by atoms with van der Waals surface area (Å²) in [6, 6.07) is 0.